The lowest BCUT2D eigenvalue weighted by Crippen LogP contribution is -2.24. The molecule has 0 heterocycles. The Bertz CT molecular complexity index is 367. The van der Waals surface area contributed by atoms with Crippen LogP contribution in [0.5, 0.6) is 0 Å². The van der Waals surface area contributed by atoms with Crippen LogP contribution >= 0.6 is 0 Å². The molecule has 0 radical (unpaired) electrons. The van der Waals surface area contributed by atoms with E-state index in [1.54, 1.807) is 0 Å². The van der Waals surface area contributed by atoms with E-state index in [2.05, 4.69) is 32.9 Å². The number of hydrogen-bond donors (Lipinski definition) is 1. The highest BCUT2D eigenvalue weighted by Gasteiger charge is 2.39. The molecule has 2 unspecified atom stereocenters. The van der Waals surface area contributed by atoms with E-state index in [1.165, 1.54) is 18.4 Å². The second kappa shape index (κ2) is 4.21. The Morgan fingerprint density at radius 3 is 2.69 bits per heavy atom. The van der Waals surface area contributed by atoms with Gasteiger partial charge in [-0.3, -0.25) is 0 Å². The van der Waals surface area contributed by atoms with E-state index in [4.69, 9.17) is 0 Å². The molecule has 2 atom stereocenters. The first-order valence-electron chi connectivity index (χ1n) is 6.25. The van der Waals surface area contributed by atoms with Crippen LogP contribution in [0.3, 0.4) is 0 Å². The van der Waals surface area contributed by atoms with Crippen LogP contribution in [0, 0.1) is 18.3 Å². The number of aryl methyl sites for hydroxylation is 1. The van der Waals surface area contributed by atoms with Crippen molar-refractivity contribution in [1.82, 2.24) is 0 Å². The fourth-order valence-electron chi connectivity index (χ4n) is 3.03. The van der Waals surface area contributed by atoms with E-state index in [1.807, 2.05) is 12.1 Å². The molecule has 1 saturated carbocycles. The van der Waals surface area contributed by atoms with Gasteiger partial charge in [-0.2, -0.15) is 0 Å². The van der Waals surface area contributed by atoms with Crippen LogP contribution < -0.4 is 0 Å². The van der Waals surface area contributed by atoms with Crippen molar-refractivity contribution >= 4 is 0 Å². The van der Waals surface area contributed by atoms with Gasteiger partial charge in [-0.25, -0.2) is 0 Å². The Labute approximate surface area is 98.5 Å². The van der Waals surface area contributed by atoms with Crippen molar-refractivity contribution < 1.29 is 5.11 Å². The summed E-state index contributed by atoms with van der Waals surface area (Å²) in [5.41, 5.74) is 2.59. The van der Waals surface area contributed by atoms with Gasteiger partial charge < -0.3 is 5.11 Å². The Kier molecular flexibility index (Phi) is 3.07. The first kappa shape index (κ1) is 11.7. The van der Waals surface area contributed by atoms with Gasteiger partial charge in [0.2, 0.25) is 0 Å². The largest absolute Gasteiger partial charge is 0.388 e. The summed E-state index contributed by atoms with van der Waals surface area (Å²) in [6.07, 6.45) is 3.35. The van der Waals surface area contributed by atoms with E-state index in [9.17, 15) is 5.11 Å². The minimum Gasteiger partial charge on any atom is -0.388 e. The molecule has 1 nitrogen and oxygen atoms in total. The SMILES string of the molecule is Cc1cccc(C(O)C2CCCC2(C)C)c1. The van der Waals surface area contributed by atoms with Crippen molar-refractivity contribution in [3.05, 3.63) is 35.4 Å². The van der Waals surface area contributed by atoms with Gasteiger partial charge in [-0.1, -0.05) is 50.1 Å². The Balaban J connectivity index is 2.22. The molecule has 0 amide bonds. The zero-order chi connectivity index (χ0) is 11.8. The predicted molar refractivity (Wildman–Crippen MR) is 67.3 cm³/mol. The number of benzene rings is 1. The summed E-state index contributed by atoms with van der Waals surface area (Å²) in [6, 6.07) is 8.27. The van der Waals surface area contributed by atoms with E-state index in [0.717, 1.165) is 12.0 Å². The molecule has 1 aliphatic rings. The highest BCUT2D eigenvalue weighted by Crippen LogP contribution is 2.48. The Morgan fingerprint density at radius 1 is 1.38 bits per heavy atom. The third-order valence-corrected chi connectivity index (χ3v) is 4.10. The molecule has 2 rings (SSSR count). The molecule has 1 heteroatoms. The first-order chi connectivity index (χ1) is 7.50. The molecule has 0 saturated heterocycles. The molecule has 1 aromatic rings. The average molecular weight is 218 g/mol. The van der Waals surface area contributed by atoms with Gasteiger partial charge in [0.15, 0.2) is 0 Å². The maximum atomic E-state index is 10.5. The summed E-state index contributed by atoms with van der Waals surface area (Å²) < 4.78 is 0. The van der Waals surface area contributed by atoms with Crippen molar-refractivity contribution in [3.8, 4) is 0 Å². The Hall–Kier alpha value is -0.820. The second-order valence-corrected chi connectivity index (χ2v) is 5.85. The zero-order valence-corrected chi connectivity index (χ0v) is 10.5. The van der Waals surface area contributed by atoms with Crippen molar-refractivity contribution in [3.63, 3.8) is 0 Å². The molecule has 16 heavy (non-hydrogen) atoms. The van der Waals surface area contributed by atoms with Gasteiger partial charge in [0.25, 0.3) is 0 Å². The number of hydrogen-bond acceptors (Lipinski definition) is 1. The fraction of sp³-hybridized carbons (Fsp3) is 0.600. The minimum atomic E-state index is -0.294. The quantitative estimate of drug-likeness (QED) is 0.799. The highest BCUT2D eigenvalue weighted by atomic mass is 16.3. The predicted octanol–water partition coefficient (Wildman–Crippen LogP) is 3.85. The summed E-state index contributed by atoms with van der Waals surface area (Å²) in [5.74, 6) is 0.411. The van der Waals surface area contributed by atoms with Crippen LogP contribution in [0.4, 0.5) is 0 Å². The van der Waals surface area contributed by atoms with Gasteiger partial charge in [0, 0.05) is 0 Å². The molecule has 1 fully saturated rings. The Morgan fingerprint density at radius 2 is 2.12 bits per heavy atom. The second-order valence-electron chi connectivity index (χ2n) is 5.85. The van der Waals surface area contributed by atoms with Crippen LogP contribution in [-0.2, 0) is 0 Å². The van der Waals surface area contributed by atoms with E-state index >= 15 is 0 Å². The third kappa shape index (κ3) is 2.15. The third-order valence-electron chi connectivity index (χ3n) is 4.10. The van der Waals surface area contributed by atoms with E-state index in [-0.39, 0.29) is 11.5 Å². The van der Waals surface area contributed by atoms with Gasteiger partial charge in [0.05, 0.1) is 6.10 Å². The molecule has 0 bridgehead atoms. The smallest absolute Gasteiger partial charge is 0.0823 e. The summed E-state index contributed by atoms with van der Waals surface area (Å²) in [6.45, 7) is 6.64. The molecule has 88 valence electrons. The fourth-order valence-corrected chi connectivity index (χ4v) is 3.03. The van der Waals surface area contributed by atoms with Crippen molar-refractivity contribution in [2.24, 2.45) is 11.3 Å². The maximum Gasteiger partial charge on any atom is 0.0823 e. The maximum absolute atomic E-state index is 10.5. The monoisotopic (exact) mass is 218 g/mol. The van der Waals surface area contributed by atoms with Gasteiger partial charge >= 0.3 is 0 Å². The van der Waals surface area contributed by atoms with Crippen molar-refractivity contribution in [1.29, 1.82) is 0 Å². The van der Waals surface area contributed by atoms with Crippen LogP contribution in [0.2, 0.25) is 0 Å². The van der Waals surface area contributed by atoms with Crippen LogP contribution in [0.25, 0.3) is 0 Å². The van der Waals surface area contributed by atoms with Gasteiger partial charge in [-0.15, -0.1) is 0 Å². The van der Waals surface area contributed by atoms with E-state index < -0.39 is 0 Å². The van der Waals surface area contributed by atoms with Crippen LogP contribution in [0.1, 0.15) is 50.3 Å². The summed E-state index contributed by atoms with van der Waals surface area (Å²) in [5, 5.41) is 10.5. The van der Waals surface area contributed by atoms with Crippen molar-refractivity contribution in [2.45, 2.75) is 46.1 Å². The molecular formula is C15H22O. The summed E-state index contributed by atoms with van der Waals surface area (Å²) >= 11 is 0. The average Bonchev–Trinajstić information content (AvgIpc) is 2.57. The van der Waals surface area contributed by atoms with Crippen LogP contribution in [0.15, 0.2) is 24.3 Å². The van der Waals surface area contributed by atoms with Crippen molar-refractivity contribution in [2.75, 3.05) is 0 Å². The summed E-state index contributed by atoms with van der Waals surface area (Å²) in [4.78, 5) is 0. The number of rotatable bonds is 2. The number of aliphatic hydroxyl groups is 1. The zero-order valence-electron chi connectivity index (χ0n) is 10.5. The lowest BCUT2D eigenvalue weighted by molar-refractivity contribution is 0.0531. The standard InChI is InChI=1S/C15H22O/c1-11-6-4-7-12(10-11)14(16)13-8-5-9-15(13,2)3/h4,6-7,10,13-14,16H,5,8-9H2,1-3H3. The molecule has 1 aliphatic carbocycles. The number of aliphatic hydroxyl groups excluding tert-OH is 1. The molecule has 0 aromatic heterocycles. The minimum absolute atomic E-state index is 0.281. The molecule has 1 N–H and O–H groups in total. The lowest BCUT2D eigenvalue weighted by Gasteiger charge is -2.31. The highest BCUT2D eigenvalue weighted by molar-refractivity contribution is 5.25. The van der Waals surface area contributed by atoms with E-state index in [0.29, 0.717) is 5.92 Å². The molecule has 1 aromatic carbocycles. The van der Waals surface area contributed by atoms with Gasteiger partial charge in [0.1, 0.15) is 0 Å². The summed E-state index contributed by atoms with van der Waals surface area (Å²) in [7, 11) is 0. The topological polar surface area (TPSA) is 20.2 Å². The molecular weight excluding hydrogens is 196 g/mol. The molecule has 0 spiro atoms. The lowest BCUT2D eigenvalue weighted by atomic mass is 9.76. The first-order valence-corrected chi connectivity index (χ1v) is 6.25. The van der Waals surface area contributed by atoms with Gasteiger partial charge in [-0.05, 0) is 36.7 Å². The van der Waals surface area contributed by atoms with Crippen LogP contribution in [-0.4, -0.2) is 5.11 Å². The normalized spacial score (nSPS) is 25.6. The molecule has 0 aliphatic heterocycles.